The quantitative estimate of drug-likeness (QED) is 0.254. The van der Waals surface area contributed by atoms with Crippen molar-refractivity contribution in [1.29, 1.82) is 0 Å². The highest BCUT2D eigenvalue weighted by Crippen LogP contribution is 2.64. The van der Waals surface area contributed by atoms with Crippen LogP contribution in [0.2, 0.25) is 0 Å². The molecular formula is C27H26N2O. The zero-order chi connectivity index (χ0) is 20.1. The Kier molecular flexibility index (Phi) is 3.13. The minimum atomic E-state index is 0.0107. The molecule has 3 aliphatic carbocycles. The monoisotopic (exact) mass is 394 g/mol. The summed E-state index contributed by atoms with van der Waals surface area (Å²) >= 11 is 0. The summed E-state index contributed by atoms with van der Waals surface area (Å²) in [4.78, 5) is 10.1. The molecule has 4 aliphatic rings. The second-order valence-electron chi connectivity index (χ2n) is 10.4. The van der Waals surface area contributed by atoms with E-state index in [0.717, 1.165) is 57.9 Å². The molecule has 3 saturated carbocycles. The molecule has 8 rings (SSSR count). The minimum Gasteiger partial charge on any atom is -0.486 e. The first kappa shape index (κ1) is 17.0. The lowest BCUT2D eigenvalue weighted by atomic mass is 9.45. The highest BCUT2D eigenvalue weighted by atomic mass is 16.5. The summed E-state index contributed by atoms with van der Waals surface area (Å²) in [6.07, 6.45) is 5.92. The van der Waals surface area contributed by atoms with Crippen LogP contribution in [0.25, 0.3) is 32.8 Å². The van der Waals surface area contributed by atoms with Gasteiger partial charge in [0, 0.05) is 16.3 Å². The summed E-state index contributed by atoms with van der Waals surface area (Å²) in [7, 11) is 0. The normalized spacial score (nSPS) is 29.0. The smallest absolute Gasteiger partial charge is 0.133 e. The Hall–Kier alpha value is -2.68. The number of fused-ring (bicyclic) bond motifs is 7. The number of aromatic nitrogens is 2. The van der Waals surface area contributed by atoms with Gasteiger partial charge in [0.05, 0.1) is 22.1 Å². The second kappa shape index (κ2) is 5.51. The van der Waals surface area contributed by atoms with Crippen molar-refractivity contribution in [3.05, 3.63) is 54.1 Å². The zero-order valence-electron chi connectivity index (χ0n) is 17.6. The Bertz CT molecular complexity index is 1340. The lowest BCUT2D eigenvalue weighted by Gasteiger charge is -2.63. The summed E-state index contributed by atoms with van der Waals surface area (Å²) in [6, 6.07) is 16.8. The maximum atomic E-state index is 7.02. The van der Waals surface area contributed by atoms with Crippen LogP contribution in [0.3, 0.4) is 0 Å². The van der Waals surface area contributed by atoms with Crippen molar-refractivity contribution in [2.24, 2.45) is 17.3 Å². The highest BCUT2D eigenvalue weighted by Gasteiger charge is 2.59. The molecule has 1 spiro atoms. The van der Waals surface area contributed by atoms with Gasteiger partial charge in [-0.3, -0.25) is 0 Å². The number of hydrogen-bond acceptors (Lipinski definition) is 3. The van der Waals surface area contributed by atoms with Crippen molar-refractivity contribution in [1.82, 2.24) is 9.97 Å². The molecule has 30 heavy (non-hydrogen) atoms. The van der Waals surface area contributed by atoms with Crippen molar-refractivity contribution in [2.45, 2.75) is 51.6 Å². The Balaban J connectivity index is 1.46. The topological polar surface area (TPSA) is 35.0 Å². The number of para-hydroxylation sites is 2. The number of ether oxygens (including phenoxy) is 1. The van der Waals surface area contributed by atoms with Crippen molar-refractivity contribution in [2.75, 3.05) is 0 Å². The maximum Gasteiger partial charge on any atom is 0.133 e. The maximum absolute atomic E-state index is 7.02. The van der Waals surface area contributed by atoms with E-state index in [-0.39, 0.29) is 5.60 Å². The molecule has 2 bridgehead atoms. The first-order valence-electron chi connectivity index (χ1n) is 11.3. The van der Waals surface area contributed by atoms with Gasteiger partial charge in [-0.05, 0) is 61.5 Å². The predicted octanol–water partition coefficient (Wildman–Crippen LogP) is 6.46. The van der Waals surface area contributed by atoms with Gasteiger partial charge in [0.2, 0.25) is 0 Å². The van der Waals surface area contributed by atoms with E-state index >= 15 is 0 Å². The van der Waals surface area contributed by atoms with Gasteiger partial charge in [-0.1, -0.05) is 50.2 Å². The van der Waals surface area contributed by atoms with Gasteiger partial charge in [0.25, 0.3) is 0 Å². The number of benzene rings is 3. The molecular weight excluding hydrogens is 368 g/mol. The first-order valence-corrected chi connectivity index (χ1v) is 11.3. The van der Waals surface area contributed by atoms with Gasteiger partial charge >= 0.3 is 0 Å². The molecule has 3 heteroatoms. The van der Waals surface area contributed by atoms with Crippen LogP contribution < -0.4 is 4.74 Å². The molecule has 2 unspecified atom stereocenters. The third kappa shape index (κ3) is 2.11. The number of hydrogen-bond donors (Lipinski definition) is 0. The number of rotatable bonds is 0. The van der Waals surface area contributed by atoms with E-state index in [1.807, 2.05) is 12.1 Å². The molecule has 3 aromatic carbocycles. The fraction of sp³-hybridized carbons (Fsp3) is 0.407. The van der Waals surface area contributed by atoms with Crippen LogP contribution in [-0.4, -0.2) is 15.6 Å². The molecule has 1 aromatic heterocycles. The SMILES string of the molecule is CC1(C)C2CC1CC1(CCc3c(c4ccccc4c4nc5ccccc5nc34)O1)C2. The summed E-state index contributed by atoms with van der Waals surface area (Å²) < 4.78 is 7.02. The van der Waals surface area contributed by atoms with Crippen LogP contribution in [0.15, 0.2) is 48.5 Å². The van der Waals surface area contributed by atoms with Gasteiger partial charge in [-0.15, -0.1) is 0 Å². The average Bonchev–Trinajstić information content (AvgIpc) is 2.78. The van der Waals surface area contributed by atoms with Crippen LogP contribution >= 0.6 is 0 Å². The lowest BCUT2D eigenvalue weighted by molar-refractivity contribution is -0.160. The summed E-state index contributed by atoms with van der Waals surface area (Å²) in [5.41, 5.74) is 5.71. The zero-order valence-corrected chi connectivity index (χ0v) is 17.6. The fourth-order valence-electron chi connectivity index (χ4n) is 6.61. The summed E-state index contributed by atoms with van der Waals surface area (Å²) in [5.74, 6) is 2.68. The van der Waals surface area contributed by atoms with Crippen molar-refractivity contribution in [3.8, 4) is 5.75 Å². The molecule has 2 atom stereocenters. The Morgan fingerprint density at radius 2 is 1.47 bits per heavy atom. The van der Waals surface area contributed by atoms with E-state index in [1.54, 1.807) is 0 Å². The average molecular weight is 395 g/mol. The Morgan fingerprint density at radius 1 is 0.833 bits per heavy atom. The van der Waals surface area contributed by atoms with E-state index in [1.165, 1.54) is 30.2 Å². The van der Waals surface area contributed by atoms with E-state index in [9.17, 15) is 0 Å². The largest absolute Gasteiger partial charge is 0.486 e. The molecule has 3 fully saturated rings. The molecule has 0 radical (unpaired) electrons. The minimum absolute atomic E-state index is 0.0107. The molecule has 0 N–H and O–H groups in total. The molecule has 150 valence electrons. The van der Waals surface area contributed by atoms with E-state index in [0.29, 0.717) is 5.41 Å². The van der Waals surface area contributed by atoms with Gasteiger partial charge in [0.1, 0.15) is 11.4 Å². The highest BCUT2D eigenvalue weighted by molar-refractivity contribution is 6.10. The van der Waals surface area contributed by atoms with E-state index in [2.05, 4.69) is 50.2 Å². The fourth-order valence-corrected chi connectivity index (χ4v) is 6.61. The van der Waals surface area contributed by atoms with Crippen molar-refractivity contribution < 1.29 is 4.74 Å². The summed E-state index contributed by atoms with van der Waals surface area (Å²) in [6.45, 7) is 4.91. The Morgan fingerprint density at radius 3 is 2.17 bits per heavy atom. The predicted molar refractivity (Wildman–Crippen MR) is 121 cm³/mol. The molecule has 0 saturated heterocycles. The third-order valence-corrected chi connectivity index (χ3v) is 8.62. The number of aryl methyl sites for hydroxylation is 1. The number of nitrogens with zero attached hydrogens (tertiary/aromatic N) is 2. The Labute approximate surface area is 176 Å². The van der Waals surface area contributed by atoms with Crippen molar-refractivity contribution in [3.63, 3.8) is 0 Å². The van der Waals surface area contributed by atoms with Gasteiger partial charge < -0.3 is 4.74 Å². The molecule has 0 amide bonds. The first-order chi connectivity index (χ1) is 14.5. The van der Waals surface area contributed by atoms with Crippen LogP contribution in [0, 0.1) is 17.3 Å². The van der Waals surface area contributed by atoms with Gasteiger partial charge in [-0.2, -0.15) is 0 Å². The van der Waals surface area contributed by atoms with Gasteiger partial charge in [-0.25, -0.2) is 9.97 Å². The summed E-state index contributed by atoms with van der Waals surface area (Å²) in [5, 5.41) is 2.35. The van der Waals surface area contributed by atoms with Crippen LogP contribution in [0.4, 0.5) is 0 Å². The van der Waals surface area contributed by atoms with Crippen LogP contribution in [0.5, 0.6) is 5.75 Å². The second-order valence-corrected chi connectivity index (χ2v) is 10.4. The lowest BCUT2D eigenvalue weighted by Crippen LogP contribution is -2.59. The van der Waals surface area contributed by atoms with Gasteiger partial charge in [0.15, 0.2) is 0 Å². The van der Waals surface area contributed by atoms with Crippen LogP contribution in [-0.2, 0) is 6.42 Å². The van der Waals surface area contributed by atoms with Crippen LogP contribution in [0.1, 0.15) is 45.1 Å². The molecule has 4 aromatic rings. The molecule has 1 aliphatic heterocycles. The van der Waals surface area contributed by atoms with E-state index in [4.69, 9.17) is 14.7 Å². The standard InChI is InChI=1S/C27H26N2O/c1-26(2)16-13-17(26)15-27(14-16)12-11-20-24-23(28-21-9-5-6-10-22(21)29-24)18-7-3-4-8-19(18)25(20)30-27/h3-10,16-17H,11-15H2,1-2H3. The molecule has 2 heterocycles. The molecule has 3 nitrogen and oxygen atoms in total. The van der Waals surface area contributed by atoms with E-state index < -0.39 is 0 Å². The van der Waals surface area contributed by atoms with Crippen molar-refractivity contribution >= 4 is 32.8 Å². The third-order valence-electron chi connectivity index (χ3n) is 8.62.